The number of thiazole rings is 1. The summed E-state index contributed by atoms with van der Waals surface area (Å²) in [6.07, 6.45) is 0. The third-order valence-corrected chi connectivity index (χ3v) is 7.39. The summed E-state index contributed by atoms with van der Waals surface area (Å²) >= 11 is 7.94. The third-order valence-electron chi connectivity index (χ3n) is 4.02. The number of benzene rings is 1. The zero-order chi connectivity index (χ0) is 19.6. The maximum Gasteiger partial charge on any atom is 0.238 e. The molecule has 1 aliphatic heterocycles. The monoisotopic (exact) mass is 445 g/mol. The number of rotatable bonds is 4. The van der Waals surface area contributed by atoms with Crippen molar-refractivity contribution in [3.63, 3.8) is 0 Å². The van der Waals surface area contributed by atoms with E-state index in [1.807, 2.05) is 0 Å². The van der Waals surface area contributed by atoms with Crippen molar-refractivity contribution in [2.24, 2.45) is 5.14 Å². The molecule has 2 aromatic rings. The van der Waals surface area contributed by atoms with E-state index >= 15 is 0 Å². The van der Waals surface area contributed by atoms with E-state index in [0.29, 0.717) is 15.3 Å². The second-order valence-corrected chi connectivity index (χ2v) is 10.3. The summed E-state index contributed by atoms with van der Waals surface area (Å²) in [5.41, 5.74) is 0.600. The number of fused-ring (bicyclic) bond motifs is 1. The highest BCUT2D eigenvalue weighted by molar-refractivity contribution is 8.23. The van der Waals surface area contributed by atoms with E-state index in [0.717, 1.165) is 30.5 Å². The van der Waals surface area contributed by atoms with Gasteiger partial charge in [-0.15, -0.1) is 0 Å². The van der Waals surface area contributed by atoms with Crippen LogP contribution in [0.5, 0.6) is 0 Å². The van der Waals surface area contributed by atoms with Gasteiger partial charge in [-0.1, -0.05) is 35.3 Å². The van der Waals surface area contributed by atoms with Crippen molar-refractivity contribution < 1.29 is 13.2 Å². The standard InChI is InChI=1S/C15H19N5O3S4/c1-19-4-6-20(7-5-19)15(24)25-9-13(21)18-14-17-11-3-2-10(27(16,22)23)8-12(11)26-14/h2-3,8H,4-7,9H2,1H3,(H2,16,22,23)(H,17,18,21). The highest BCUT2D eigenvalue weighted by atomic mass is 32.2. The van der Waals surface area contributed by atoms with Crippen LogP contribution in [0.1, 0.15) is 0 Å². The van der Waals surface area contributed by atoms with E-state index < -0.39 is 10.0 Å². The van der Waals surface area contributed by atoms with Gasteiger partial charge < -0.3 is 15.1 Å². The Bertz CT molecular complexity index is 967. The Balaban J connectivity index is 1.57. The van der Waals surface area contributed by atoms with Gasteiger partial charge in [0.15, 0.2) is 5.13 Å². The largest absolute Gasteiger partial charge is 0.355 e. The topological polar surface area (TPSA) is 109 Å². The number of sulfonamides is 1. The van der Waals surface area contributed by atoms with Crippen molar-refractivity contribution in [3.05, 3.63) is 18.2 Å². The number of hydrogen-bond donors (Lipinski definition) is 2. The zero-order valence-electron chi connectivity index (χ0n) is 14.5. The number of nitrogens with two attached hydrogens (primary N) is 1. The van der Waals surface area contributed by atoms with Crippen molar-refractivity contribution >= 4 is 70.9 Å². The zero-order valence-corrected chi connectivity index (χ0v) is 17.8. The molecule has 1 saturated heterocycles. The lowest BCUT2D eigenvalue weighted by atomic mass is 10.3. The van der Waals surface area contributed by atoms with Gasteiger partial charge in [0.2, 0.25) is 15.9 Å². The molecule has 8 nitrogen and oxygen atoms in total. The lowest BCUT2D eigenvalue weighted by molar-refractivity contribution is -0.113. The van der Waals surface area contributed by atoms with E-state index in [1.54, 1.807) is 6.07 Å². The predicted molar refractivity (Wildman–Crippen MR) is 114 cm³/mol. The normalized spacial score (nSPS) is 15.9. The number of hydrogen-bond acceptors (Lipinski definition) is 8. The second kappa shape index (κ2) is 8.37. The molecule has 1 fully saturated rings. The molecule has 0 radical (unpaired) electrons. The molecular formula is C15H19N5O3S4. The van der Waals surface area contributed by atoms with Gasteiger partial charge in [0.05, 0.1) is 20.9 Å². The molecule has 0 atom stereocenters. The summed E-state index contributed by atoms with van der Waals surface area (Å²) in [7, 11) is -1.70. The summed E-state index contributed by atoms with van der Waals surface area (Å²) in [6.45, 7) is 3.65. The van der Waals surface area contributed by atoms with Gasteiger partial charge in [-0.3, -0.25) is 4.79 Å². The van der Waals surface area contributed by atoms with Crippen LogP contribution in [0.2, 0.25) is 0 Å². The van der Waals surface area contributed by atoms with Crippen molar-refractivity contribution in [2.45, 2.75) is 4.90 Å². The van der Waals surface area contributed by atoms with Crippen molar-refractivity contribution in [3.8, 4) is 0 Å². The number of nitrogens with one attached hydrogen (secondary N) is 1. The Hall–Kier alpha value is -1.31. The Morgan fingerprint density at radius 1 is 1.37 bits per heavy atom. The van der Waals surface area contributed by atoms with Crippen LogP contribution in [0.4, 0.5) is 5.13 Å². The fraction of sp³-hybridized carbons (Fsp3) is 0.400. The van der Waals surface area contributed by atoms with Crippen LogP contribution in [0.25, 0.3) is 10.2 Å². The van der Waals surface area contributed by atoms with Gasteiger partial charge in [0, 0.05) is 26.2 Å². The number of thioether (sulfide) groups is 1. The van der Waals surface area contributed by atoms with Gasteiger partial charge >= 0.3 is 0 Å². The van der Waals surface area contributed by atoms with Crippen LogP contribution in [0.15, 0.2) is 23.1 Å². The minimum atomic E-state index is -3.77. The van der Waals surface area contributed by atoms with Gasteiger partial charge in [0.1, 0.15) is 4.32 Å². The van der Waals surface area contributed by atoms with Crippen LogP contribution in [-0.4, -0.2) is 72.4 Å². The number of carbonyl (C=O) groups is 1. The van der Waals surface area contributed by atoms with E-state index in [4.69, 9.17) is 17.4 Å². The number of piperazine rings is 1. The molecule has 0 saturated carbocycles. The molecule has 27 heavy (non-hydrogen) atoms. The fourth-order valence-electron chi connectivity index (χ4n) is 2.50. The summed E-state index contributed by atoms with van der Waals surface area (Å²) in [6, 6.07) is 4.42. The number of primary sulfonamides is 1. The summed E-state index contributed by atoms with van der Waals surface area (Å²) in [5, 5.41) is 8.28. The maximum atomic E-state index is 12.2. The van der Waals surface area contributed by atoms with Crippen molar-refractivity contribution in [1.29, 1.82) is 0 Å². The van der Waals surface area contributed by atoms with Crippen LogP contribution in [0, 0.1) is 0 Å². The Labute approximate surface area is 171 Å². The van der Waals surface area contributed by atoms with Crippen molar-refractivity contribution in [2.75, 3.05) is 44.3 Å². The molecule has 1 amide bonds. The molecule has 2 heterocycles. The first kappa shape index (κ1) is 20.4. The smallest absolute Gasteiger partial charge is 0.238 e. The number of nitrogens with zero attached hydrogens (tertiary/aromatic N) is 3. The molecule has 12 heteroatoms. The molecule has 146 valence electrons. The number of thiocarbonyl (C=S) groups is 1. The highest BCUT2D eigenvalue weighted by Crippen LogP contribution is 2.28. The van der Waals surface area contributed by atoms with E-state index in [9.17, 15) is 13.2 Å². The number of anilines is 1. The van der Waals surface area contributed by atoms with E-state index in [1.165, 1.54) is 35.2 Å². The van der Waals surface area contributed by atoms with Crippen LogP contribution >= 0.6 is 35.3 Å². The fourth-order valence-corrected chi connectivity index (χ4v) is 5.09. The van der Waals surface area contributed by atoms with Gasteiger partial charge in [0.25, 0.3) is 0 Å². The first-order valence-electron chi connectivity index (χ1n) is 8.06. The van der Waals surface area contributed by atoms with Gasteiger partial charge in [-0.2, -0.15) is 0 Å². The highest BCUT2D eigenvalue weighted by Gasteiger charge is 2.18. The first-order chi connectivity index (χ1) is 12.7. The molecular weight excluding hydrogens is 426 g/mol. The molecule has 1 aromatic carbocycles. The Morgan fingerprint density at radius 3 is 2.74 bits per heavy atom. The molecule has 1 aromatic heterocycles. The van der Waals surface area contributed by atoms with Gasteiger partial charge in [-0.25, -0.2) is 18.5 Å². The minimum Gasteiger partial charge on any atom is -0.355 e. The van der Waals surface area contributed by atoms with Crippen LogP contribution < -0.4 is 10.5 Å². The number of amides is 1. The summed E-state index contributed by atoms with van der Waals surface area (Å²) in [4.78, 5) is 20.9. The maximum absolute atomic E-state index is 12.2. The number of likely N-dealkylation sites (N-methyl/N-ethyl adjacent to an activating group) is 1. The molecule has 0 aliphatic carbocycles. The molecule has 3 N–H and O–H groups in total. The third kappa shape index (κ3) is 5.36. The molecule has 0 unspecified atom stereocenters. The van der Waals surface area contributed by atoms with Gasteiger partial charge in [-0.05, 0) is 25.2 Å². The first-order valence-corrected chi connectivity index (χ1v) is 11.8. The molecule has 0 bridgehead atoms. The molecule has 3 rings (SSSR count). The summed E-state index contributed by atoms with van der Waals surface area (Å²) < 4.78 is 24.2. The van der Waals surface area contributed by atoms with Crippen LogP contribution in [0.3, 0.4) is 0 Å². The van der Waals surface area contributed by atoms with Crippen molar-refractivity contribution in [1.82, 2.24) is 14.8 Å². The SMILES string of the molecule is CN1CCN(C(=S)SCC(=O)Nc2nc3ccc(S(N)(=O)=O)cc3s2)CC1. The predicted octanol–water partition coefficient (Wildman–Crippen LogP) is 1.15. The lowest BCUT2D eigenvalue weighted by Crippen LogP contribution is -2.46. The van der Waals surface area contributed by atoms with Crippen LogP contribution in [-0.2, 0) is 14.8 Å². The Kier molecular flexibility index (Phi) is 6.33. The molecule has 1 aliphatic rings. The quantitative estimate of drug-likeness (QED) is 0.675. The lowest BCUT2D eigenvalue weighted by Gasteiger charge is -2.33. The Morgan fingerprint density at radius 2 is 2.07 bits per heavy atom. The number of aromatic nitrogens is 1. The average Bonchev–Trinajstić information content (AvgIpc) is 3.00. The minimum absolute atomic E-state index is 0.0182. The van der Waals surface area contributed by atoms with E-state index in [2.05, 4.69) is 27.1 Å². The van der Waals surface area contributed by atoms with E-state index in [-0.39, 0.29) is 16.6 Å². The second-order valence-electron chi connectivity index (χ2n) is 6.09. The molecule has 0 spiro atoms. The number of carbonyl (C=O) groups excluding carboxylic acids is 1. The summed E-state index contributed by atoms with van der Waals surface area (Å²) in [5.74, 6) is -0.00835. The average molecular weight is 446 g/mol.